The minimum atomic E-state index is -0.517. The Bertz CT molecular complexity index is 823. The van der Waals surface area contributed by atoms with Crippen LogP contribution in [0.5, 0.6) is 17.2 Å². The highest BCUT2D eigenvalue weighted by Crippen LogP contribution is 2.32. The minimum absolute atomic E-state index is 0.0902. The average molecular weight is 358 g/mol. The van der Waals surface area contributed by atoms with E-state index in [0.29, 0.717) is 24.7 Å². The average Bonchev–Trinajstić information content (AvgIpc) is 2.66. The summed E-state index contributed by atoms with van der Waals surface area (Å²) in [6, 6.07) is 10.9. The van der Waals surface area contributed by atoms with Crippen molar-refractivity contribution in [3.8, 4) is 17.2 Å². The van der Waals surface area contributed by atoms with Crippen LogP contribution in [0, 0.1) is 10.1 Å². The molecule has 0 spiro atoms. The standard InChI is InChI=1S/C18H18N2O6/c1-12(13-5-6-16-17(9-13)25-8-7-24-16)19-18(21)11-26-15-4-2-3-14(10-15)20(22)23/h2-6,9-10,12H,7-8,11H2,1H3,(H,19,21)/t12-/m1/s1. The number of non-ortho nitro benzene ring substituents is 1. The summed E-state index contributed by atoms with van der Waals surface area (Å²) in [5, 5.41) is 13.6. The van der Waals surface area contributed by atoms with E-state index in [1.165, 1.54) is 18.2 Å². The second kappa shape index (κ2) is 7.73. The number of nitro groups is 1. The van der Waals surface area contributed by atoms with Gasteiger partial charge in [-0.3, -0.25) is 14.9 Å². The van der Waals surface area contributed by atoms with Gasteiger partial charge >= 0.3 is 0 Å². The Morgan fingerprint density at radius 3 is 2.77 bits per heavy atom. The minimum Gasteiger partial charge on any atom is -0.486 e. The topological polar surface area (TPSA) is 99.9 Å². The molecule has 0 saturated heterocycles. The summed E-state index contributed by atoms with van der Waals surface area (Å²) in [5.41, 5.74) is 0.783. The Morgan fingerprint density at radius 1 is 1.23 bits per heavy atom. The number of carbonyl (C=O) groups is 1. The van der Waals surface area contributed by atoms with Gasteiger partial charge in [-0.25, -0.2) is 0 Å². The zero-order chi connectivity index (χ0) is 18.5. The molecule has 1 amide bonds. The second-order valence-corrected chi connectivity index (χ2v) is 5.74. The smallest absolute Gasteiger partial charge is 0.273 e. The number of nitro benzene ring substituents is 1. The van der Waals surface area contributed by atoms with Gasteiger partial charge in [0.2, 0.25) is 0 Å². The Morgan fingerprint density at radius 2 is 2.00 bits per heavy atom. The molecule has 1 atom stereocenters. The highest BCUT2D eigenvalue weighted by atomic mass is 16.6. The normalized spacial score (nSPS) is 13.6. The first-order valence-electron chi connectivity index (χ1n) is 8.09. The fourth-order valence-corrected chi connectivity index (χ4v) is 2.53. The molecular weight excluding hydrogens is 340 g/mol. The number of hydrogen-bond donors (Lipinski definition) is 1. The van der Waals surface area contributed by atoms with Gasteiger partial charge in [0, 0.05) is 6.07 Å². The van der Waals surface area contributed by atoms with Crippen molar-refractivity contribution in [3.05, 3.63) is 58.1 Å². The molecule has 1 N–H and O–H groups in total. The van der Waals surface area contributed by atoms with Gasteiger partial charge in [0.1, 0.15) is 19.0 Å². The predicted molar refractivity (Wildman–Crippen MR) is 92.6 cm³/mol. The zero-order valence-corrected chi connectivity index (χ0v) is 14.1. The Hall–Kier alpha value is -3.29. The molecule has 26 heavy (non-hydrogen) atoms. The summed E-state index contributed by atoms with van der Waals surface area (Å²) in [7, 11) is 0. The van der Waals surface area contributed by atoms with E-state index in [4.69, 9.17) is 14.2 Å². The summed E-state index contributed by atoms with van der Waals surface area (Å²) < 4.78 is 16.3. The van der Waals surface area contributed by atoms with Gasteiger partial charge in [0.05, 0.1) is 17.0 Å². The van der Waals surface area contributed by atoms with Crippen LogP contribution in [0.3, 0.4) is 0 Å². The van der Waals surface area contributed by atoms with Crippen LogP contribution in [0.2, 0.25) is 0 Å². The van der Waals surface area contributed by atoms with Gasteiger partial charge < -0.3 is 19.5 Å². The SMILES string of the molecule is C[C@@H](NC(=O)COc1cccc([N+](=O)[O-])c1)c1ccc2c(c1)OCCO2. The molecule has 1 aliphatic rings. The number of ether oxygens (including phenoxy) is 3. The Kier molecular flexibility index (Phi) is 5.21. The summed E-state index contributed by atoms with van der Waals surface area (Å²) in [4.78, 5) is 22.3. The molecule has 0 radical (unpaired) electrons. The quantitative estimate of drug-likeness (QED) is 0.629. The Balaban J connectivity index is 1.56. The van der Waals surface area contributed by atoms with Gasteiger partial charge in [-0.2, -0.15) is 0 Å². The fourth-order valence-electron chi connectivity index (χ4n) is 2.53. The van der Waals surface area contributed by atoms with Crippen molar-refractivity contribution in [2.45, 2.75) is 13.0 Å². The maximum atomic E-state index is 12.1. The maximum absolute atomic E-state index is 12.1. The summed E-state index contributed by atoms with van der Waals surface area (Å²) in [6.45, 7) is 2.62. The number of hydrogen-bond acceptors (Lipinski definition) is 6. The van der Waals surface area contributed by atoms with Crippen molar-refractivity contribution in [1.29, 1.82) is 0 Å². The van der Waals surface area contributed by atoms with Crippen LogP contribution < -0.4 is 19.5 Å². The van der Waals surface area contributed by atoms with Crippen LogP contribution in [-0.4, -0.2) is 30.7 Å². The number of carbonyl (C=O) groups excluding carboxylic acids is 1. The third-order valence-corrected chi connectivity index (χ3v) is 3.84. The second-order valence-electron chi connectivity index (χ2n) is 5.74. The van der Waals surface area contributed by atoms with Gasteiger partial charge in [0.15, 0.2) is 18.1 Å². The van der Waals surface area contributed by atoms with Crippen molar-refractivity contribution in [1.82, 2.24) is 5.32 Å². The van der Waals surface area contributed by atoms with Crippen LogP contribution in [0.25, 0.3) is 0 Å². The first-order chi connectivity index (χ1) is 12.5. The van der Waals surface area contributed by atoms with Crippen LogP contribution in [-0.2, 0) is 4.79 Å². The molecule has 8 nitrogen and oxygen atoms in total. The predicted octanol–water partition coefficient (Wildman–Crippen LogP) is 2.62. The molecular formula is C18H18N2O6. The third kappa shape index (κ3) is 4.21. The number of benzene rings is 2. The number of nitrogens with zero attached hydrogens (tertiary/aromatic N) is 1. The molecule has 0 aliphatic carbocycles. The maximum Gasteiger partial charge on any atom is 0.273 e. The van der Waals surface area contributed by atoms with E-state index in [0.717, 1.165) is 5.56 Å². The summed E-state index contributed by atoms with van der Waals surface area (Å²) >= 11 is 0. The van der Waals surface area contributed by atoms with Crippen molar-refractivity contribution in [3.63, 3.8) is 0 Å². The zero-order valence-electron chi connectivity index (χ0n) is 14.1. The first-order valence-corrected chi connectivity index (χ1v) is 8.09. The molecule has 0 bridgehead atoms. The van der Waals surface area contributed by atoms with E-state index in [9.17, 15) is 14.9 Å². The van der Waals surface area contributed by atoms with Gasteiger partial charge in [0.25, 0.3) is 11.6 Å². The lowest BCUT2D eigenvalue weighted by Crippen LogP contribution is -2.31. The summed E-state index contributed by atoms with van der Waals surface area (Å²) in [6.07, 6.45) is 0. The van der Waals surface area contributed by atoms with Gasteiger partial charge in [-0.1, -0.05) is 12.1 Å². The lowest BCUT2D eigenvalue weighted by atomic mass is 10.1. The molecule has 8 heteroatoms. The van der Waals surface area contributed by atoms with Crippen molar-refractivity contribution in [2.24, 2.45) is 0 Å². The lowest BCUT2D eigenvalue weighted by molar-refractivity contribution is -0.384. The fraction of sp³-hybridized carbons (Fsp3) is 0.278. The third-order valence-electron chi connectivity index (χ3n) is 3.84. The van der Waals surface area contributed by atoms with Crippen LogP contribution in [0.4, 0.5) is 5.69 Å². The highest BCUT2D eigenvalue weighted by molar-refractivity contribution is 5.78. The molecule has 1 heterocycles. The van der Waals surface area contributed by atoms with Gasteiger partial charge in [-0.15, -0.1) is 0 Å². The Labute approximate surface area is 149 Å². The van der Waals surface area contributed by atoms with E-state index in [1.54, 1.807) is 6.07 Å². The summed E-state index contributed by atoms with van der Waals surface area (Å²) in [5.74, 6) is 1.27. The molecule has 1 aliphatic heterocycles. The van der Waals surface area contributed by atoms with Crippen LogP contribution in [0.1, 0.15) is 18.5 Å². The van der Waals surface area contributed by atoms with Gasteiger partial charge in [-0.05, 0) is 30.7 Å². The highest BCUT2D eigenvalue weighted by Gasteiger charge is 2.16. The van der Waals surface area contributed by atoms with Crippen molar-refractivity contribution < 1.29 is 23.9 Å². The van der Waals surface area contributed by atoms with E-state index >= 15 is 0 Å². The van der Waals surface area contributed by atoms with E-state index in [-0.39, 0.29) is 30.0 Å². The van der Waals surface area contributed by atoms with E-state index in [2.05, 4.69) is 5.32 Å². The van der Waals surface area contributed by atoms with Crippen molar-refractivity contribution in [2.75, 3.05) is 19.8 Å². The molecule has 0 saturated carbocycles. The molecule has 0 aromatic heterocycles. The molecule has 0 fully saturated rings. The molecule has 136 valence electrons. The molecule has 2 aromatic rings. The van der Waals surface area contributed by atoms with E-state index < -0.39 is 4.92 Å². The molecule has 3 rings (SSSR count). The number of amides is 1. The largest absolute Gasteiger partial charge is 0.486 e. The van der Waals surface area contributed by atoms with Crippen molar-refractivity contribution >= 4 is 11.6 Å². The first kappa shape index (κ1) is 17.5. The monoisotopic (exact) mass is 358 g/mol. The van der Waals surface area contributed by atoms with E-state index in [1.807, 2.05) is 25.1 Å². The number of fused-ring (bicyclic) bond motifs is 1. The number of rotatable bonds is 6. The van der Waals surface area contributed by atoms with Crippen LogP contribution >= 0.6 is 0 Å². The number of nitrogens with one attached hydrogen (secondary N) is 1. The lowest BCUT2D eigenvalue weighted by Gasteiger charge is -2.21. The molecule has 2 aromatic carbocycles. The van der Waals surface area contributed by atoms with Crippen LogP contribution in [0.15, 0.2) is 42.5 Å². The molecule has 0 unspecified atom stereocenters.